The molecule has 0 bridgehead atoms. The van der Waals surface area contributed by atoms with Crippen LogP contribution in [-0.4, -0.2) is 47.3 Å². The van der Waals surface area contributed by atoms with E-state index < -0.39 is 18.0 Å². The summed E-state index contributed by atoms with van der Waals surface area (Å²) in [5.41, 5.74) is 2.23. The zero-order chi connectivity index (χ0) is 27.3. The SMILES string of the molecule is C=C(C)C(=O)OCCNC(=O)n1cnc(C(=O)Oc2ccc(-c3ccc(OCCCCCC)cc3)cc2)c1. The zero-order valence-electron chi connectivity index (χ0n) is 21.8. The van der Waals surface area contributed by atoms with Crippen molar-refractivity contribution in [3.63, 3.8) is 0 Å². The van der Waals surface area contributed by atoms with E-state index in [1.165, 1.54) is 38.7 Å². The van der Waals surface area contributed by atoms with Crippen molar-refractivity contribution in [3.8, 4) is 22.6 Å². The molecule has 0 saturated heterocycles. The van der Waals surface area contributed by atoms with Gasteiger partial charge in [-0.15, -0.1) is 0 Å². The van der Waals surface area contributed by atoms with E-state index in [9.17, 15) is 14.4 Å². The topological polar surface area (TPSA) is 109 Å². The minimum Gasteiger partial charge on any atom is -0.494 e. The van der Waals surface area contributed by atoms with Crippen molar-refractivity contribution in [2.45, 2.75) is 39.5 Å². The molecule has 200 valence electrons. The fraction of sp³-hybridized carbons (Fsp3) is 0.310. The minimum atomic E-state index is -0.694. The van der Waals surface area contributed by atoms with Gasteiger partial charge in [0.1, 0.15) is 24.4 Å². The number of hydrogen-bond donors (Lipinski definition) is 1. The first-order valence-electron chi connectivity index (χ1n) is 12.6. The lowest BCUT2D eigenvalue weighted by molar-refractivity contribution is -0.138. The average molecular weight is 520 g/mol. The van der Waals surface area contributed by atoms with E-state index in [1.54, 1.807) is 12.1 Å². The van der Waals surface area contributed by atoms with E-state index in [4.69, 9.17) is 14.2 Å². The molecule has 0 aliphatic heterocycles. The number of carbonyl (C=O) groups excluding carboxylic acids is 3. The molecule has 9 nitrogen and oxygen atoms in total. The summed E-state index contributed by atoms with van der Waals surface area (Å²) in [6, 6.07) is 14.5. The predicted octanol–water partition coefficient (Wildman–Crippen LogP) is 5.41. The second-order valence-electron chi connectivity index (χ2n) is 8.66. The molecule has 0 aliphatic rings. The van der Waals surface area contributed by atoms with Gasteiger partial charge in [-0.05, 0) is 48.7 Å². The van der Waals surface area contributed by atoms with Gasteiger partial charge in [0.15, 0.2) is 5.69 Å². The number of amides is 1. The smallest absolute Gasteiger partial charge is 0.363 e. The summed E-state index contributed by atoms with van der Waals surface area (Å²) in [5.74, 6) is -0.0321. The standard InChI is InChI=1S/C29H33N3O6/c1-4-5-6-7-17-36-24-12-8-22(9-13-24)23-10-14-25(15-11-23)38-28(34)26-19-32(20-31-26)29(35)30-16-18-37-27(33)21(2)3/h8-15,19-20H,2,4-7,16-18H2,1,3H3,(H,30,35). The van der Waals surface area contributed by atoms with Crippen LogP contribution in [0.4, 0.5) is 4.79 Å². The number of nitrogens with zero attached hydrogens (tertiary/aromatic N) is 2. The number of aromatic nitrogens is 2. The largest absolute Gasteiger partial charge is 0.494 e. The molecule has 0 saturated carbocycles. The number of benzene rings is 2. The normalized spacial score (nSPS) is 10.5. The van der Waals surface area contributed by atoms with E-state index in [0.717, 1.165) is 34.5 Å². The number of imidazole rings is 1. The van der Waals surface area contributed by atoms with Gasteiger partial charge in [0.25, 0.3) is 0 Å². The van der Waals surface area contributed by atoms with Gasteiger partial charge in [-0.1, -0.05) is 57.0 Å². The zero-order valence-corrected chi connectivity index (χ0v) is 21.8. The fourth-order valence-electron chi connectivity index (χ4n) is 3.39. The van der Waals surface area contributed by atoms with Crippen molar-refractivity contribution in [2.24, 2.45) is 0 Å². The van der Waals surface area contributed by atoms with Crippen molar-refractivity contribution >= 4 is 18.0 Å². The van der Waals surface area contributed by atoms with Crippen LogP contribution in [0.15, 0.2) is 73.2 Å². The van der Waals surface area contributed by atoms with Crippen molar-refractivity contribution in [1.29, 1.82) is 0 Å². The first kappa shape index (κ1) is 28.2. The van der Waals surface area contributed by atoms with Crippen LogP contribution in [0.3, 0.4) is 0 Å². The van der Waals surface area contributed by atoms with Gasteiger partial charge in [0.05, 0.1) is 13.2 Å². The van der Waals surface area contributed by atoms with E-state index in [2.05, 4.69) is 23.8 Å². The molecule has 0 radical (unpaired) electrons. The monoisotopic (exact) mass is 519 g/mol. The van der Waals surface area contributed by atoms with Gasteiger partial charge >= 0.3 is 18.0 Å². The summed E-state index contributed by atoms with van der Waals surface area (Å²) in [5, 5.41) is 2.55. The third kappa shape index (κ3) is 8.62. The van der Waals surface area contributed by atoms with Crippen LogP contribution in [0.5, 0.6) is 11.5 Å². The van der Waals surface area contributed by atoms with Crippen LogP contribution in [0.25, 0.3) is 11.1 Å². The highest BCUT2D eigenvalue weighted by atomic mass is 16.5. The predicted molar refractivity (Wildman–Crippen MR) is 143 cm³/mol. The number of unbranched alkanes of at least 4 members (excludes halogenated alkanes) is 3. The number of rotatable bonds is 13. The van der Waals surface area contributed by atoms with Crippen molar-refractivity contribution in [2.75, 3.05) is 19.8 Å². The summed E-state index contributed by atoms with van der Waals surface area (Å²) < 4.78 is 17.2. The molecule has 9 heteroatoms. The Labute approximate surface area is 222 Å². The molecule has 1 heterocycles. The molecule has 0 atom stereocenters. The summed E-state index contributed by atoms with van der Waals surface area (Å²) in [7, 11) is 0. The van der Waals surface area contributed by atoms with Gasteiger partial charge in [0.2, 0.25) is 0 Å². The Morgan fingerprint density at radius 3 is 2.21 bits per heavy atom. The Morgan fingerprint density at radius 1 is 0.921 bits per heavy atom. The van der Waals surface area contributed by atoms with Gasteiger partial charge < -0.3 is 19.5 Å². The summed E-state index contributed by atoms with van der Waals surface area (Å²) in [6.07, 6.45) is 7.13. The summed E-state index contributed by atoms with van der Waals surface area (Å²) in [4.78, 5) is 40.0. The quantitative estimate of drug-likeness (QED) is 0.139. The number of hydrogen-bond acceptors (Lipinski definition) is 7. The van der Waals surface area contributed by atoms with Crippen LogP contribution in [-0.2, 0) is 9.53 Å². The highest BCUT2D eigenvalue weighted by Gasteiger charge is 2.15. The molecule has 0 fully saturated rings. The Morgan fingerprint density at radius 2 is 1.58 bits per heavy atom. The van der Waals surface area contributed by atoms with Gasteiger partial charge in [-0.2, -0.15) is 0 Å². The summed E-state index contributed by atoms with van der Waals surface area (Å²) in [6.45, 7) is 8.01. The molecule has 1 N–H and O–H groups in total. The lowest BCUT2D eigenvalue weighted by Crippen LogP contribution is -2.31. The summed E-state index contributed by atoms with van der Waals surface area (Å²) >= 11 is 0. The second-order valence-corrected chi connectivity index (χ2v) is 8.66. The molecular weight excluding hydrogens is 486 g/mol. The Kier molecular flexibility index (Phi) is 10.7. The minimum absolute atomic E-state index is 0.00588. The molecule has 38 heavy (non-hydrogen) atoms. The number of ether oxygens (including phenoxy) is 3. The van der Waals surface area contributed by atoms with Crippen molar-refractivity contribution < 1.29 is 28.6 Å². The Balaban J connectivity index is 1.47. The maximum atomic E-state index is 12.5. The van der Waals surface area contributed by atoms with E-state index in [0.29, 0.717) is 5.75 Å². The molecule has 2 aromatic carbocycles. The molecule has 0 spiro atoms. The third-order valence-electron chi connectivity index (χ3n) is 5.51. The average Bonchev–Trinajstić information content (AvgIpc) is 3.42. The molecule has 3 rings (SSSR count). The van der Waals surface area contributed by atoms with Crippen LogP contribution >= 0.6 is 0 Å². The molecule has 0 unspecified atom stereocenters. The van der Waals surface area contributed by atoms with Gasteiger partial charge in [0, 0.05) is 11.8 Å². The van der Waals surface area contributed by atoms with Crippen molar-refractivity contribution in [3.05, 3.63) is 78.9 Å². The lowest BCUT2D eigenvalue weighted by atomic mass is 10.1. The van der Waals surface area contributed by atoms with Crippen LogP contribution in [0, 0.1) is 0 Å². The highest BCUT2D eigenvalue weighted by Crippen LogP contribution is 2.25. The van der Waals surface area contributed by atoms with Crippen LogP contribution in [0.1, 0.15) is 50.0 Å². The number of esters is 2. The lowest BCUT2D eigenvalue weighted by Gasteiger charge is -2.08. The van der Waals surface area contributed by atoms with Crippen LogP contribution < -0.4 is 14.8 Å². The van der Waals surface area contributed by atoms with Crippen LogP contribution in [0.2, 0.25) is 0 Å². The third-order valence-corrected chi connectivity index (χ3v) is 5.51. The maximum absolute atomic E-state index is 12.5. The number of nitrogens with one attached hydrogen (secondary N) is 1. The molecule has 0 aliphatic carbocycles. The first-order chi connectivity index (χ1) is 18.4. The van der Waals surface area contributed by atoms with E-state index in [1.807, 2.05) is 36.4 Å². The Hall–Kier alpha value is -4.40. The highest BCUT2D eigenvalue weighted by molar-refractivity contribution is 5.90. The molecule has 1 amide bonds. The van der Waals surface area contributed by atoms with Crippen molar-refractivity contribution in [1.82, 2.24) is 14.9 Å². The maximum Gasteiger partial charge on any atom is 0.363 e. The molecule has 1 aromatic heterocycles. The van der Waals surface area contributed by atoms with E-state index in [-0.39, 0.29) is 24.4 Å². The molecular formula is C29H33N3O6. The Bertz CT molecular complexity index is 1230. The molecule has 3 aromatic rings. The first-order valence-corrected chi connectivity index (χ1v) is 12.6. The van der Waals surface area contributed by atoms with Gasteiger partial charge in [-0.25, -0.2) is 19.4 Å². The fourth-order valence-corrected chi connectivity index (χ4v) is 3.39. The van der Waals surface area contributed by atoms with E-state index >= 15 is 0 Å². The second kappa shape index (κ2) is 14.4. The van der Waals surface area contributed by atoms with Gasteiger partial charge in [-0.3, -0.25) is 4.57 Å². The number of carbonyl (C=O) groups is 3.